The molecule has 0 bridgehead atoms. The van der Waals surface area contributed by atoms with Crippen LogP contribution in [-0.2, 0) is 0 Å². The third kappa shape index (κ3) is 3.50. The van der Waals surface area contributed by atoms with Crippen LogP contribution < -0.4 is 0 Å². The van der Waals surface area contributed by atoms with Crippen molar-refractivity contribution in [1.82, 2.24) is 9.80 Å². The molecule has 160 valence electrons. The summed E-state index contributed by atoms with van der Waals surface area (Å²) in [5, 5.41) is 24.3. The highest BCUT2D eigenvalue weighted by Crippen LogP contribution is 2.28. The number of piperazine rings is 1. The quantitative estimate of drug-likeness (QED) is 0.508. The molecule has 1 saturated heterocycles. The van der Waals surface area contributed by atoms with Crippen LogP contribution in [0.2, 0.25) is 0 Å². The van der Waals surface area contributed by atoms with Gasteiger partial charge in [-0.3, -0.25) is 9.59 Å². The molecule has 0 atom stereocenters. The molecule has 2 amide bonds. The molecule has 0 saturated carbocycles. The number of nitrogens with zero attached hydrogens (tertiary/aromatic N) is 2. The van der Waals surface area contributed by atoms with Gasteiger partial charge in [0.2, 0.25) is 0 Å². The van der Waals surface area contributed by atoms with Gasteiger partial charge in [-0.05, 0) is 45.8 Å². The van der Waals surface area contributed by atoms with Gasteiger partial charge >= 0.3 is 0 Å². The Morgan fingerprint density at radius 1 is 0.562 bits per heavy atom. The van der Waals surface area contributed by atoms with E-state index in [1.54, 1.807) is 34.1 Å². The standard InChI is InChI=1S/C26H22N2O4/c29-23-15-19-7-3-1-5-17(19)13-21(23)25(31)27-9-11-28(12-10-27)26(32)22-14-18-6-2-4-8-20(18)16-24(22)30/h1-8,13-16,29-30H,9-12H2. The monoisotopic (exact) mass is 426 g/mol. The van der Waals surface area contributed by atoms with Crippen molar-refractivity contribution in [2.45, 2.75) is 0 Å². The lowest BCUT2D eigenvalue weighted by Crippen LogP contribution is -2.50. The van der Waals surface area contributed by atoms with Crippen molar-refractivity contribution in [2.24, 2.45) is 0 Å². The van der Waals surface area contributed by atoms with E-state index in [0.29, 0.717) is 26.2 Å². The molecular formula is C26H22N2O4. The first kappa shape index (κ1) is 19.9. The van der Waals surface area contributed by atoms with Gasteiger partial charge < -0.3 is 20.0 Å². The predicted molar refractivity (Wildman–Crippen MR) is 123 cm³/mol. The van der Waals surface area contributed by atoms with Crippen LogP contribution in [0, 0.1) is 0 Å². The zero-order valence-corrected chi connectivity index (χ0v) is 17.4. The summed E-state index contributed by atoms with van der Waals surface area (Å²) >= 11 is 0. The van der Waals surface area contributed by atoms with Gasteiger partial charge in [0.1, 0.15) is 11.5 Å². The molecule has 6 nitrogen and oxygen atoms in total. The number of benzene rings is 4. The summed E-state index contributed by atoms with van der Waals surface area (Å²) in [6.45, 7) is 1.41. The summed E-state index contributed by atoms with van der Waals surface area (Å²) in [5.74, 6) is -0.607. The Labute approximate surface area is 184 Å². The molecule has 4 aromatic rings. The van der Waals surface area contributed by atoms with Gasteiger partial charge in [0, 0.05) is 26.2 Å². The van der Waals surface area contributed by atoms with E-state index in [2.05, 4.69) is 0 Å². The number of rotatable bonds is 2. The van der Waals surface area contributed by atoms with Crippen LogP contribution in [0.1, 0.15) is 20.7 Å². The predicted octanol–water partition coefficient (Wildman–Crippen LogP) is 4.00. The second kappa shape index (κ2) is 7.89. The number of aromatic hydroxyl groups is 2. The average Bonchev–Trinajstić information content (AvgIpc) is 2.82. The normalized spacial score (nSPS) is 14.1. The Morgan fingerprint density at radius 3 is 1.22 bits per heavy atom. The van der Waals surface area contributed by atoms with Crippen LogP contribution in [0.4, 0.5) is 0 Å². The van der Waals surface area contributed by atoms with Crippen LogP contribution in [0.5, 0.6) is 11.5 Å². The van der Waals surface area contributed by atoms with E-state index in [9.17, 15) is 19.8 Å². The van der Waals surface area contributed by atoms with E-state index in [0.717, 1.165) is 21.5 Å². The lowest BCUT2D eigenvalue weighted by molar-refractivity contribution is 0.0532. The van der Waals surface area contributed by atoms with Gasteiger partial charge in [-0.25, -0.2) is 0 Å². The summed E-state index contributed by atoms with van der Waals surface area (Å²) in [4.78, 5) is 29.4. The molecule has 1 heterocycles. The second-order valence-electron chi connectivity index (χ2n) is 8.02. The van der Waals surface area contributed by atoms with Crippen molar-refractivity contribution in [2.75, 3.05) is 26.2 Å². The molecule has 1 fully saturated rings. The van der Waals surface area contributed by atoms with Crippen molar-refractivity contribution >= 4 is 33.4 Å². The average molecular weight is 426 g/mol. The third-order valence-corrected chi connectivity index (χ3v) is 6.04. The first-order valence-electron chi connectivity index (χ1n) is 10.5. The summed E-state index contributed by atoms with van der Waals surface area (Å²) in [6.07, 6.45) is 0. The minimum absolute atomic E-state index is 0.0479. The summed E-state index contributed by atoms with van der Waals surface area (Å²) in [7, 11) is 0. The van der Waals surface area contributed by atoms with Gasteiger partial charge in [0.25, 0.3) is 11.8 Å². The number of phenolic OH excluding ortho intramolecular Hbond substituents is 2. The van der Waals surface area contributed by atoms with Gasteiger partial charge in [-0.1, -0.05) is 48.5 Å². The fraction of sp³-hybridized carbons (Fsp3) is 0.154. The first-order chi connectivity index (χ1) is 15.5. The number of fused-ring (bicyclic) bond motifs is 2. The SMILES string of the molecule is O=C(c1cc2ccccc2cc1O)N1CCN(C(=O)c2cc3ccccc3cc2O)CC1. The zero-order valence-electron chi connectivity index (χ0n) is 17.4. The van der Waals surface area contributed by atoms with E-state index >= 15 is 0 Å². The van der Waals surface area contributed by atoms with Crippen molar-refractivity contribution in [3.8, 4) is 11.5 Å². The lowest BCUT2D eigenvalue weighted by atomic mass is 10.0. The topological polar surface area (TPSA) is 81.1 Å². The van der Waals surface area contributed by atoms with Gasteiger partial charge in [0.05, 0.1) is 11.1 Å². The largest absolute Gasteiger partial charge is 0.507 e. The number of carbonyl (C=O) groups excluding carboxylic acids is 2. The molecule has 4 aromatic carbocycles. The van der Waals surface area contributed by atoms with E-state index in [1.807, 2.05) is 48.5 Å². The highest BCUT2D eigenvalue weighted by molar-refractivity contribution is 6.03. The first-order valence-corrected chi connectivity index (χ1v) is 10.5. The molecular weight excluding hydrogens is 404 g/mol. The number of phenols is 2. The van der Waals surface area contributed by atoms with Crippen LogP contribution >= 0.6 is 0 Å². The van der Waals surface area contributed by atoms with Crippen LogP contribution in [-0.4, -0.2) is 58.0 Å². The maximum absolute atomic E-state index is 13.0. The van der Waals surface area contributed by atoms with Gasteiger partial charge in [0.15, 0.2) is 0 Å². The highest BCUT2D eigenvalue weighted by atomic mass is 16.3. The van der Waals surface area contributed by atoms with Crippen molar-refractivity contribution in [3.05, 3.63) is 83.9 Å². The Balaban J connectivity index is 1.32. The molecule has 1 aliphatic rings. The Morgan fingerprint density at radius 2 is 0.875 bits per heavy atom. The molecule has 1 aliphatic heterocycles. The molecule has 0 radical (unpaired) electrons. The highest BCUT2D eigenvalue weighted by Gasteiger charge is 2.28. The third-order valence-electron chi connectivity index (χ3n) is 6.04. The molecule has 0 aromatic heterocycles. The zero-order chi connectivity index (χ0) is 22.2. The maximum Gasteiger partial charge on any atom is 0.257 e. The van der Waals surface area contributed by atoms with Crippen LogP contribution in [0.15, 0.2) is 72.8 Å². The molecule has 0 aliphatic carbocycles. The van der Waals surface area contributed by atoms with Crippen LogP contribution in [0.3, 0.4) is 0 Å². The van der Waals surface area contributed by atoms with E-state index < -0.39 is 0 Å². The van der Waals surface area contributed by atoms with Crippen LogP contribution in [0.25, 0.3) is 21.5 Å². The molecule has 0 spiro atoms. The van der Waals surface area contributed by atoms with E-state index in [1.165, 1.54) is 0 Å². The molecule has 32 heavy (non-hydrogen) atoms. The summed E-state index contributed by atoms with van der Waals surface area (Å²) < 4.78 is 0. The molecule has 2 N–H and O–H groups in total. The minimum atomic E-state index is -0.256. The Bertz CT molecular complexity index is 1250. The van der Waals surface area contributed by atoms with Crippen molar-refractivity contribution < 1.29 is 19.8 Å². The molecule has 6 heteroatoms. The number of amides is 2. The summed E-state index contributed by atoms with van der Waals surface area (Å²) in [5.41, 5.74) is 0.520. The second-order valence-corrected chi connectivity index (χ2v) is 8.02. The van der Waals surface area contributed by atoms with Crippen molar-refractivity contribution in [1.29, 1.82) is 0 Å². The van der Waals surface area contributed by atoms with Crippen molar-refractivity contribution in [3.63, 3.8) is 0 Å². The Hall–Kier alpha value is -4.06. The Kier molecular flexibility index (Phi) is 4.90. The molecule has 0 unspecified atom stereocenters. The number of hydrogen-bond donors (Lipinski definition) is 2. The minimum Gasteiger partial charge on any atom is -0.507 e. The van der Waals surface area contributed by atoms with Gasteiger partial charge in [-0.15, -0.1) is 0 Å². The van der Waals surface area contributed by atoms with E-state index in [4.69, 9.17) is 0 Å². The van der Waals surface area contributed by atoms with Gasteiger partial charge in [-0.2, -0.15) is 0 Å². The smallest absolute Gasteiger partial charge is 0.257 e. The summed E-state index contributed by atoms with van der Waals surface area (Å²) in [6, 6.07) is 21.7. The van der Waals surface area contributed by atoms with E-state index in [-0.39, 0.29) is 34.4 Å². The molecule has 5 rings (SSSR count). The fourth-order valence-electron chi connectivity index (χ4n) is 4.25. The lowest BCUT2D eigenvalue weighted by Gasteiger charge is -2.35. The number of hydrogen-bond acceptors (Lipinski definition) is 4. The fourth-order valence-corrected chi connectivity index (χ4v) is 4.25. The maximum atomic E-state index is 13.0. The number of carbonyl (C=O) groups is 2.